The molecule has 0 bridgehead atoms. The predicted molar refractivity (Wildman–Crippen MR) is 119 cm³/mol. The second-order valence-corrected chi connectivity index (χ2v) is 8.30. The Morgan fingerprint density at radius 1 is 1.32 bits per heavy atom. The number of aromatic hydroxyl groups is 1. The maximum atomic E-state index is 12.3. The van der Waals surface area contributed by atoms with E-state index in [0.29, 0.717) is 17.7 Å². The van der Waals surface area contributed by atoms with Crippen LogP contribution in [0.5, 0.6) is 5.75 Å². The zero-order valence-corrected chi connectivity index (χ0v) is 17.8. The van der Waals surface area contributed by atoms with E-state index in [4.69, 9.17) is 5.73 Å². The van der Waals surface area contributed by atoms with Crippen LogP contribution in [0.3, 0.4) is 0 Å². The lowest BCUT2D eigenvalue weighted by atomic mass is 9.99. The molecule has 3 heterocycles. The molecule has 1 aliphatic rings. The van der Waals surface area contributed by atoms with Crippen LogP contribution in [0.25, 0.3) is 22.2 Å². The number of carboxylic acids is 1. The van der Waals surface area contributed by atoms with Gasteiger partial charge < -0.3 is 25.5 Å². The third-order valence-corrected chi connectivity index (χ3v) is 6.22. The maximum absolute atomic E-state index is 12.3. The maximum Gasteiger partial charge on any atom is 0.345 e. The SMILES string of the molecule is CCc1c(-c2ccc3c(c2)cc(CN2CCC[C@H](N)C2)n3C)[nH]c(=O)c(C(=O)O)c1O. The molecule has 1 fully saturated rings. The number of carboxylic acid groups (broad SMARTS) is 1. The van der Waals surface area contributed by atoms with Gasteiger partial charge in [-0.15, -0.1) is 0 Å². The molecule has 0 amide bonds. The monoisotopic (exact) mass is 424 g/mol. The summed E-state index contributed by atoms with van der Waals surface area (Å²) in [5.74, 6) is -1.91. The van der Waals surface area contributed by atoms with Crippen LogP contribution in [0.4, 0.5) is 0 Å². The van der Waals surface area contributed by atoms with Gasteiger partial charge >= 0.3 is 5.97 Å². The van der Waals surface area contributed by atoms with Gasteiger partial charge in [0.05, 0.1) is 5.69 Å². The number of fused-ring (bicyclic) bond motifs is 1. The second kappa shape index (κ2) is 8.20. The van der Waals surface area contributed by atoms with Gasteiger partial charge in [0.1, 0.15) is 5.75 Å². The van der Waals surface area contributed by atoms with E-state index in [1.807, 2.05) is 32.2 Å². The third-order valence-electron chi connectivity index (χ3n) is 6.22. The minimum Gasteiger partial charge on any atom is -0.506 e. The number of carbonyl (C=O) groups is 1. The molecule has 1 atom stereocenters. The van der Waals surface area contributed by atoms with Gasteiger partial charge in [-0.2, -0.15) is 0 Å². The van der Waals surface area contributed by atoms with Gasteiger partial charge in [0.25, 0.3) is 5.56 Å². The summed E-state index contributed by atoms with van der Waals surface area (Å²) in [7, 11) is 2.04. The number of benzene rings is 1. The number of H-pyrrole nitrogens is 1. The number of nitrogens with one attached hydrogen (secondary N) is 1. The Labute approximate surface area is 179 Å². The summed E-state index contributed by atoms with van der Waals surface area (Å²) < 4.78 is 2.16. The van der Waals surface area contributed by atoms with Crippen LogP contribution in [0.1, 0.15) is 41.4 Å². The fraction of sp³-hybridized carbons (Fsp3) is 0.391. The molecular formula is C23H28N4O4. The van der Waals surface area contributed by atoms with Crippen LogP contribution in [-0.2, 0) is 20.0 Å². The molecule has 0 unspecified atom stereocenters. The molecule has 8 heteroatoms. The van der Waals surface area contributed by atoms with Crippen molar-refractivity contribution < 1.29 is 15.0 Å². The van der Waals surface area contributed by atoms with Crippen LogP contribution < -0.4 is 11.3 Å². The minimum atomic E-state index is -1.44. The molecule has 0 aliphatic carbocycles. The zero-order valence-electron chi connectivity index (χ0n) is 17.8. The molecule has 3 aromatic rings. The summed E-state index contributed by atoms with van der Waals surface area (Å²) in [5, 5.41) is 20.7. The van der Waals surface area contributed by atoms with E-state index in [1.165, 1.54) is 5.69 Å². The number of aromatic carboxylic acids is 1. The first-order valence-electron chi connectivity index (χ1n) is 10.6. The standard InChI is InChI=1S/C23H28N4O4/c1-3-17-20(25-22(29)19(21(17)28)23(30)31)13-6-7-18-14(9-13)10-16(26(18)2)12-27-8-4-5-15(24)11-27/h6-7,9-10,15H,3-5,8,11-12,24H2,1-2H3,(H,30,31)(H2,25,28,29)/t15-/m0/s1. The molecule has 0 saturated carbocycles. The van der Waals surface area contributed by atoms with Crippen molar-refractivity contribution in [1.29, 1.82) is 0 Å². The van der Waals surface area contributed by atoms with Crippen molar-refractivity contribution in [2.75, 3.05) is 13.1 Å². The van der Waals surface area contributed by atoms with E-state index in [9.17, 15) is 19.8 Å². The number of aromatic nitrogens is 2. The number of hydrogen-bond acceptors (Lipinski definition) is 5. The molecule has 0 radical (unpaired) electrons. The van der Waals surface area contributed by atoms with E-state index < -0.39 is 22.8 Å². The number of pyridine rings is 1. The van der Waals surface area contributed by atoms with Crippen molar-refractivity contribution in [2.45, 2.75) is 38.8 Å². The van der Waals surface area contributed by atoms with Gasteiger partial charge in [0, 0.05) is 48.3 Å². The number of aromatic amines is 1. The van der Waals surface area contributed by atoms with Gasteiger partial charge in [-0.05, 0) is 49.6 Å². The normalized spacial score (nSPS) is 17.3. The molecule has 8 nitrogen and oxygen atoms in total. The van der Waals surface area contributed by atoms with Crippen LogP contribution in [-0.4, -0.2) is 49.8 Å². The average molecular weight is 425 g/mol. The topological polar surface area (TPSA) is 125 Å². The number of nitrogens with two attached hydrogens (primary N) is 1. The summed E-state index contributed by atoms with van der Waals surface area (Å²) in [6.07, 6.45) is 2.56. The predicted octanol–water partition coefficient (Wildman–Crippen LogP) is 2.42. The number of hydrogen-bond donors (Lipinski definition) is 4. The Bertz CT molecular complexity index is 1210. The summed E-state index contributed by atoms with van der Waals surface area (Å²) in [4.78, 5) is 28.7. The highest BCUT2D eigenvalue weighted by atomic mass is 16.4. The van der Waals surface area contributed by atoms with Gasteiger partial charge in [-0.1, -0.05) is 13.0 Å². The molecule has 1 aliphatic heterocycles. The first-order chi connectivity index (χ1) is 14.8. The highest BCUT2D eigenvalue weighted by Crippen LogP contribution is 2.32. The van der Waals surface area contributed by atoms with Crippen molar-refractivity contribution in [1.82, 2.24) is 14.5 Å². The van der Waals surface area contributed by atoms with E-state index in [0.717, 1.165) is 48.9 Å². The summed E-state index contributed by atoms with van der Waals surface area (Å²) in [6, 6.07) is 8.18. The average Bonchev–Trinajstić information content (AvgIpc) is 3.02. The molecule has 4 rings (SSSR count). The molecule has 0 spiro atoms. The largest absolute Gasteiger partial charge is 0.506 e. The first-order valence-corrected chi connectivity index (χ1v) is 10.6. The molecule has 2 aromatic heterocycles. The second-order valence-electron chi connectivity index (χ2n) is 8.30. The quantitative estimate of drug-likeness (QED) is 0.499. The zero-order chi connectivity index (χ0) is 22.3. The van der Waals surface area contributed by atoms with Gasteiger partial charge in [-0.3, -0.25) is 9.69 Å². The van der Waals surface area contributed by atoms with Gasteiger partial charge in [0.15, 0.2) is 5.56 Å². The minimum absolute atomic E-state index is 0.223. The summed E-state index contributed by atoms with van der Waals surface area (Å²) in [6.45, 7) is 4.56. The third kappa shape index (κ3) is 3.84. The lowest BCUT2D eigenvalue weighted by molar-refractivity contribution is 0.0691. The highest BCUT2D eigenvalue weighted by Gasteiger charge is 2.22. The van der Waals surface area contributed by atoms with Crippen LogP contribution in [0, 0.1) is 0 Å². The lowest BCUT2D eigenvalue weighted by Gasteiger charge is -2.30. The number of aryl methyl sites for hydroxylation is 1. The van der Waals surface area contributed by atoms with E-state index >= 15 is 0 Å². The Morgan fingerprint density at radius 3 is 2.77 bits per heavy atom. The first kappa shape index (κ1) is 21.1. The number of likely N-dealkylation sites (tertiary alicyclic amines) is 1. The number of rotatable bonds is 5. The smallest absolute Gasteiger partial charge is 0.345 e. The molecule has 5 N–H and O–H groups in total. The van der Waals surface area contributed by atoms with Crippen molar-refractivity contribution >= 4 is 16.9 Å². The van der Waals surface area contributed by atoms with E-state index in [1.54, 1.807) is 0 Å². The molecule has 164 valence electrons. The number of nitrogens with zero attached hydrogens (tertiary/aromatic N) is 2. The Balaban J connectivity index is 1.75. The summed E-state index contributed by atoms with van der Waals surface area (Å²) >= 11 is 0. The summed E-state index contributed by atoms with van der Waals surface area (Å²) in [5.41, 5.74) is 8.51. The molecule has 1 aromatic carbocycles. The van der Waals surface area contributed by atoms with Crippen molar-refractivity contribution in [3.8, 4) is 17.0 Å². The van der Waals surface area contributed by atoms with Crippen LogP contribution >= 0.6 is 0 Å². The van der Waals surface area contributed by atoms with E-state index in [-0.39, 0.29) is 6.04 Å². The Kier molecular flexibility index (Phi) is 5.60. The molecule has 1 saturated heterocycles. The van der Waals surface area contributed by atoms with Crippen molar-refractivity contribution in [3.63, 3.8) is 0 Å². The van der Waals surface area contributed by atoms with E-state index in [2.05, 4.69) is 20.5 Å². The van der Waals surface area contributed by atoms with Gasteiger partial charge in [0.2, 0.25) is 0 Å². The Hall–Kier alpha value is -3.10. The number of piperidine rings is 1. The fourth-order valence-electron chi connectivity index (χ4n) is 4.60. The van der Waals surface area contributed by atoms with Gasteiger partial charge in [-0.25, -0.2) is 4.79 Å². The highest BCUT2D eigenvalue weighted by molar-refractivity contribution is 5.92. The van der Waals surface area contributed by atoms with Crippen LogP contribution in [0.2, 0.25) is 0 Å². The van der Waals surface area contributed by atoms with Crippen molar-refractivity contribution in [2.24, 2.45) is 12.8 Å². The van der Waals surface area contributed by atoms with Crippen LogP contribution in [0.15, 0.2) is 29.1 Å². The fourth-order valence-corrected chi connectivity index (χ4v) is 4.60. The molecular weight excluding hydrogens is 396 g/mol. The molecule has 31 heavy (non-hydrogen) atoms. The van der Waals surface area contributed by atoms with Crippen molar-refractivity contribution in [3.05, 3.63) is 51.4 Å². The Morgan fingerprint density at radius 2 is 2.10 bits per heavy atom. The lowest BCUT2D eigenvalue weighted by Crippen LogP contribution is -2.42.